The minimum absolute atomic E-state index is 0.304. The Bertz CT molecular complexity index is 921. The molecular weight excluding hydrogens is 486 g/mol. The van der Waals surface area contributed by atoms with Crippen LogP contribution in [0.3, 0.4) is 0 Å². The molecule has 2 aromatic rings. The molecule has 0 saturated heterocycles. The van der Waals surface area contributed by atoms with Crippen LogP contribution in [0.1, 0.15) is 10.4 Å². The molecule has 10 heteroatoms. The fourth-order valence-corrected chi connectivity index (χ4v) is 4.10. The van der Waals surface area contributed by atoms with Crippen LogP contribution in [0.5, 0.6) is 0 Å². The average molecular weight is 497 g/mol. The third-order valence-electron chi connectivity index (χ3n) is 3.62. The Morgan fingerprint density at radius 1 is 1.15 bits per heavy atom. The zero-order chi connectivity index (χ0) is 19.0. The number of hydrogen-bond donors (Lipinski definition) is 1. The zero-order valence-corrected chi connectivity index (χ0v) is 17.8. The van der Waals surface area contributed by atoms with Crippen LogP contribution in [0.2, 0.25) is 20.1 Å². The molecular formula is C16H11BrCl4N4O. The number of nitrogens with zero attached hydrogens (tertiary/aromatic N) is 3. The van der Waals surface area contributed by atoms with Gasteiger partial charge in [0.2, 0.25) is 0 Å². The Balaban J connectivity index is 2.17. The Morgan fingerprint density at radius 2 is 1.85 bits per heavy atom. The summed E-state index contributed by atoms with van der Waals surface area (Å²) in [4.78, 5) is 16.7. The third kappa shape index (κ3) is 3.62. The highest BCUT2D eigenvalue weighted by atomic mass is 79.9. The molecule has 26 heavy (non-hydrogen) atoms. The number of hydrazine groups is 1. The van der Waals surface area contributed by atoms with Crippen LogP contribution in [0.4, 0.5) is 11.5 Å². The fourth-order valence-electron chi connectivity index (χ4n) is 2.54. The lowest BCUT2D eigenvalue weighted by Gasteiger charge is -2.33. The summed E-state index contributed by atoms with van der Waals surface area (Å²) in [5.74, 6) is 0.141. The lowest BCUT2D eigenvalue weighted by atomic mass is 10.1. The minimum Gasteiger partial charge on any atom is -0.355 e. The van der Waals surface area contributed by atoms with E-state index in [1.54, 1.807) is 28.2 Å². The normalized spacial score (nSPS) is 13.8. The molecule has 1 aliphatic rings. The molecule has 0 aliphatic carbocycles. The van der Waals surface area contributed by atoms with Crippen molar-refractivity contribution in [2.45, 2.75) is 0 Å². The number of rotatable bonds is 3. The van der Waals surface area contributed by atoms with Crippen LogP contribution in [0.25, 0.3) is 0 Å². The first-order valence-electron chi connectivity index (χ1n) is 7.29. The molecule has 0 saturated carbocycles. The molecule has 1 aliphatic heterocycles. The second kappa shape index (κ2) is 7.82. The Hall–Kier alpha value is -1.18. The van der Waals surface area contributed by atoms with Crippen LogP contribution >= 0.6 is 62.3 Å². The molecule has 3 rings (SSSR count). The van der Waals surface area contributed by atoms with Crippen molar-refractivity contribution in [1.29, 1.82) is 0 Å². The van der Waals surface area contributed by atoms with Gasteiger partial charge in [-0.05, 0) is 40.2 Å². The SMILES string of the molecule is CNC(=O)c1cc(Cl)cc(Cl)c1N1C(Br)=CCN1c1ncc(Cl)cc1Cl. The smallest absolute Gasteiger partial charge is 0.253 e. The Kier molecular flexibility index (Phi) is 5.89. The van der Waals surface area contributed by atoms with E-state index in [-0.39, 0.29) is 5.91 Å². The monoisotopic (exact) mass is 494 g/mol. The van der Waals surface area contributed by atoms with Crippen LogP contribution in [0, 0.1) is 0 Å². The first kappa shape index (κ1) is 19.6. The summed E-state index contributed by atoms with van der Waals surface area (Å²) >= 11 is 28.3. The molecule has 0 atom stereocenters. The van der Waals surface area contributed by atoms with E-state index in [0.29, 0.717) is 48.3 Å². The van der Waals surface area contributed by atoms with Crippen molar-refractivity contribution in [2.75, 3.05) is 23.6 Å². The summed E-state index contributed by atoms with van der Waals surface area (Å²) in [5.41, 5.74) is 0.760. The summed E-state index contributed by atoms with van der Waals surface area (Å²) in [6.45, 7) is 0.459. The van der Waals surface area contributed by atoms with Crippen molar-refractivity contribution in [1.82, 2.24) is 10.3 Å². The van der Waals surface area contributed by atoms with Gasteiger partial charge in [0, 0.05) is 18.3 Å². The number of nitrogens with one attached hydrogen (secondary N) is 1. The van der Waals surface area contributed by atoms with E-state index in [4.69, 9.17) is 46.4 Å². The van der Waals surface area contributed by atoms with Gasteiger partial charge in [-0.3, -0.25) is 9.80 Å². The largest absolute Gasteiger partial charge is 0.355 e. The average Bonchev–Trinajstić information content (AvgIpc) is 2.94. The highest BCUT2D eigenvalue weighted by Gasteiger charge is 2.32. The Labute approximate surface area is 178 Å². The molecule has 2 heterocycles. The highest BCUT2D eigenvalue weighted by Crippen LogP contribution is 2.42. The number of halogens is 5. The maximum absolute atomic E-state index is 12.4. The number of aromatic nitrogens is 1. The Morgan fingerprint density at radius 3 is 2.50 bits per heavy atom. The maximum atomic E-state index is 12.4. The van der Waals surface area contributed by atoms with Gasteiger partial charge in [0.15, 0.2) is 5.82 Å². The van der Waals surface area contributed by atoms with Crippen molar-refractivity contribution >= 4 is 79.7 Å². The van der Waals surface area contributed by atoms with Crippen LogP contribution in [-0.4, -0.2) is 24.5 Å². The molecule has 1 N–H and O–H groups in total. The van der Waals surface area contributed by atoms with Crippen LogP contribution in [-0.2, 0) is 0 Å². The molecule has 0 bridgehead atoms. The molecule has 0 spiro atoms. The second-order valence-electron chi connectivity index (χ2n) is 5.24. The predicted molar refractivity (Wildman–Crippen MR) is 111 cm³/mol. The molecule has 1 aromatic carbocycles. The number of carbonyl (C=O) groups excluding carboxylic acids is 1. The van der Waals surface area contributed by atoms with Crippen molar-refractivity contribution in [3.63, 3.8) is 0 Å². The van der Waals surface area contributed by atoms with E-state index in [2.05, 4.69) is 26.2 Å². The van der Waals surface area contributed by atoms with Gasteiger partial charge in [0.1, 0.15) is 4.61 Å². The van der Waals surface area contributed by atoms with E-state index in [1.165, 1.54) is 13.2 Å². The van der Waals surface area contributed by atoms with E-state index in [9.17, 15) is 4.79 Å². The van der Waals surface area contributed by atoms with Gasteiger partial charge in [0.25, 0.3) is 5.91 Å². The lowest BCUT2D eigenvalue weighted by molar-refractivity contribution is 0.0963. The molecule has 1 aromatic heterocycles. The van der Waals surface area contributed by atoms with Crippen molar-refractivity contribution in [2.24, 2.45) is 0 Å². The van der Waals surface area contributed by atoms with Gasteiger partial charge in [-0.15, -0.1) is 0 Å². The molecule has 136 valence electrons. The first-order valence-corrected chi connectivity index (χ1v) is 9.59. The number of pyridine rings is 1. The molecule has 0 unspecified atom stereocenters. The maximum Gasteiger partial charge on any atom is 0.253 e. The van der Waals surface area contributed by atoms with Gasteiger partial charge in [-0.25, -0.2) is 9.99 Å². The van der Waals surface area contributed by atoms with Gasteiger partial charge in [-0.2, -0.15) is 0 Å². The number of benzene rings is 1. The first-order chi connectivity index (χ1) is 12.3. The number of amides is 1. The van der Waals surface area contributed by atoms with Gasteiger partial charge in [-0.1, -0.05) is 46.4 Å². The van der Waals surface area contributed by atoms with Crippen molar-refractivity contribution < 1.29 is 4.79 Å². The zero-order valence-electron chi connectivity index (χ0n) is 13.2. The quantitative estimate of drug-likeness (QED) is 0.567. The number of hydrogen-bond acceptors (Lipinski definition) is 4. The summed E-state index contributed by atoms with van der Waals surface area (Å²) in [7, 11) is 1.53. The van der Waals surface area contributed by atoms with Crippen LogP contribution < -0.4 is 15.3 Å². The topological polar surface area (TPSA) is 48.5 Å². The highest BCUT2D eigenvalue weighted by molar-refractivity contribution is 9.11. The number of carbonyl (C=O) groups is 1. The minimum atomic E-state index is -0.327. The summed E-state index contributed by atoms with van der Waals surface area (Å²) < 4.78 is 0.680. The number of anilines is 2. The van der Waals surface area contributed by atoms with E-state index < -0.39 is 0 Å². The predicted octanol–water partition coefficient (Wildman–Crippen LogP) is 5.53. The summed E-state index contributed by atoms with van der Waals surface area (Å²) in [6, 6.07) is 4.72. The van der Waals surface area contributed by atoms with Crippen LogP contribution in [0.15, 0.2) is 35.1 Å². The van der Waals surface area contributed by atoms with E-state index in [0.717, 1.165) is 0 Å². The van der Waals surface area contributed by atoms with Crippen molar-refractivity contribution in [3.8, 4) is 0 Å². The fraction of sp³-hybridized carbons (Fsp3) is 0.125. The lowest BCUT2D eigenvalue weighted by Crippen LogP contribution is -2.39. The molecule has 0 fully saturated rings. The standard InChI is InChI=1S/C16H11BrCl4N4O/c1-22-16(26)10-4-8(18)5-11(20)14(10)25-13(17)2-3-24(25)15-12(21)6-9(19)7-23-15/h2,4-7H,3H2,1H3,(H,22,26). The third-order valence-corrected chi connectivity index (χ3v) is 5.27. The molecule has 1 amide bonds. The van der Waals surface area contributed by atoms with E-state index in [1.807, 2.05) is 6.08 Å². The summed E-state index contributed by atoms with van der Waals surface area (Å²) in [6.07, 6.45) is 3.39. The molecule has 0 radical (unpaired) electrons. The molecule has 5 nitrogen and oxygen atoms in total. The van der Waals surface area contributed by atoms with Gasteiger partial charge >= 0.3 is 0 Å². The second-order valence-corrected chi connectivity index (χ2v) is 7.74. The van der Waals surface area contributed by atoms with E-state index >= 15 is 0 Å². The summed E-state index contributed by atoms with van der Waals surface area (Å²) in [5, 5.41) is 7.52. The van der Waals surface area contributed by atoms with Crippen molar-refractivity contribution in [3.05, 3.63) is 60.7 Å². The van der Waals surface area contributed by atoms with Gasteiger partial charge < -0.3 is 5.32 Å². The van der Waals surface area contributed by atoms with Gasteiger partial charge in [0.05, 0.1) is 32.9 Å².